The molecular formula is C22H33N3O2. The third kappa shape index (κ3) is 3.30. The molecule has 3 saturated heterocycles. The van der Waals surface area contributed by atoms with Crippen molar-refractivity contribution in [2.24, 2.45) is 10.8 Å². The second kappa shape index (κ2) is 6.29. The van der Waals surface area contributed by atoms with Crippen LogP contribution in [-0.4, -0.2) is 84.7 Å². The topological polar surface area (TPSA) is 47.0 Å². The lowest BCUT2D eigenvalue weighted by Gasteiger charge is -2.28. The van der Waals surface area contributed by atoms with Gasteiger partial charge in [-0.2, -0.15) is 0 Å². The summed E-state index contributed by atoms with van der Waals surface area (Å²) in [4.78, 5) is 20.2. The van der Waals surface area contributed by atoms with Gasteiger partial charge in [-0.15, -0.1) is 0 Å². The fraction of sp³-hybridized carbons (Fsp3) is 0.682. The largest absolute Gasteiger partial charge is 0.390 e. The smallest absolute Gasteiger partial charge is 0.253 e. The molecule has 1 aromatic rings. The first-order valence-corrected chi connectivity index (χ1v) is 10.1. The molecule has 1 amide bonds. The molecule has 0 atom stereocenters. The van der Waals surface area contributed by atoms with Crippen molar-refractivity contribution < 1.29 is 9.90 Å². The van der Waals surface area contributed by atoms with Crippen LogP contribution in [0.4, 0.5) is 0 Å². The zero-order valence-corrected chi connectivity index (χ0v) is 17.2. The Morgan fingerprint density at radius 2 is 1.44 bits per heavy atom. The highest BCUT2D eigenvalue weighted by Crippen LogP contribution is 2.56. The Kier molecular flexibility index (Phi) is 4.41. The standard InChI is InChI=1S/C22H33N3O2/c1-20(2,27)10-9-17-5-7-18(8-6-17)19(26)25-15-21-11-23(3)12-22(21,16-25)14-24(4)13-21/h5-8,27H,9-16H2,1-4H3. The number of benzene rings is 1. The van der Waals surface area contributed by atoms with E-state index < -0.39 is 5.60 Å². The summed E-state index contributed by atoms with van der Waals surface area (Å²) in [6, 6.07) is 7.99. The van der Waals surface area contributed by atoms with E-state index in [4.69, 9.17) is 0 Å². The predicted octanol–water partition coefficient (Wildman–Crippen LogP) is 1.71. The van der Waals surface area contributed by atoms with Gasteiger partial charge in [0.2, 0.25) is 0 Å². The van der Waals surface area contributed by atoms with Crippen molar-refractivity contribution in [1.82, 2.24) is 14.7 Å². The number of carbonyl (C=O) groups excluding carboxylic acids is 1. The van der Waals surface area contributed by atoms with Crippen LogP contribution in [0, 0.1) is 10.8 Å². The molecule has 3 aliphatic heterocycles. The molecule has 0 saturated carbocycles. The first-order valence-electron chi connectivity index (χ1n) is 10.1. The lowest BCUT2D eigenvalue weighted by molar-refractivity contribution is 0.0711. The SMILES string of the molecule is CN1CC23CN(C)CC2(C1)CN(C(=O)c1ccc(CCC(C)(C)O)cc1)C3. The van der Waals surface area contributed by atoms with Gasteiger partial charge in [0.1, 0.15) is 0 Å². The molecule has 0 unspecified atom stereocenters. The lowest BCUT2D eigenvalue weighted by atomic mass is 9.71. The van der Waals surface area contributed by atoms with Crippen molar-refractivity contribution in [1.29, 1.82) is 0 Å². The van der Waals surface area contributed by atoms with Gasteiger partial charge < -0.3 is 19.8 Å². The maximum absolute atomic E-state index is 13.2. The van der Waals surface area contributed by atoms with Crippen LogP contribution in [0.1, 0.15) is 36.2 Å². The molecule has 1 N–H and O–H groups in total. The molecule has 148 valence electrons. The second-order valence-electron chi connectivity index (χ2n) is 10.1. The molecule has 3 heterocycles. The van der Waals surface area contributed by atoms with Gasteiger partial charge in [0.05, 0.1) is 5.60 Å². The minimum Gasteiger partial charge on any atom is -0.390 e. The summed E-state index contributed by atoms with van der Waals surface area (Å²) in [5.41, 5.74) is 1.77. The number of rotatable bonds is 4. The highest BCUT2D eigenvalue weighted by molar-refractivity contribution is 5.94. The summed E-state index contributed by atoms with van der Waals surface area (Å²) in [6.45, 7) is 9.79. The first kappa shape index (κ1) is 18.9. The average Bonchev–Trinajstić information content (AvgIpc) is 3.07. The van der Waals surface area contributed by atoms with Crippen LogP contribution in [0.3, 0.4) is 0 Å². The summed E-state index contributed by atoms with van der Waals surface area (Å²) in [5.74, 6) is 0.171. The molecule has 5 heteroatoms. The van der Waals surface area contributed by atoms with Crippen LogP contribution < -0.4 is 0 Å². The Balaban J connectivity index is 1.46. The van der Waals surface area contributed by atoms with Crippen LogP contribution in [-0.2, 0) is 6.42 Å². The monoisotopic (exact) mass is 371 g/mol. The number of hydrogen-bond acceptors (Lipinski definition) is 4. The van der Waals surface area contributed by atoms with Gasteiger partial charge in [-0.05, 0) is 58.5 Å². The number of amides is 1. The third-order valence-corrected chi connectivity index (χ3v) is 6.92. The second-order valence-corrected chi connectivity index (χ2v) is 10.1. The van der Waals surface area contributed by atoms with Crippen molar-refractivity contribution in [2.75, 3.05) is 53.4 Å². The number of hydrogen-bond donors (Lipinski definition) is 1. The van der Waals surface area contributed by atoms with Gasteiger partial charge in [-0.1, -0.05) is 12.1 Å². The van der Waals surface area contributed by atoms with Crippen LogP contribution in [0.5, 0.6) is 0 Å². The molecule has 0 radical (unpaired) electrons. The molecule has 4 rings (SSSR count). The Morgan fingerprint density at radius 1 is 0.963 bits per heavy atom. The Morgan fingerprint density at radius 3 is 1.89 bits per heavy atom. The molecule has 0 bridgehead atoms. The van der Waals surface area contributed by atoms with Gasteiger partial charge in [0.15, 0.2) is 0 Å². The van der Waals surface area contributed by atoms with E-state index in [1.165, 1.54) is 5.56 Å². The van der Waals surface area contributed by atoms with Crippen molar-refractivity contribution >= 4 is 5.91 Å². The lowest BCUT2D eigenvalue weighted by Crippen LogP contribution is -2.40. The minimum atomic E-state index is -0.654. The first-order chi connectivity index (χ1) is 12.6. The molecule has 5 nitrogen and oxygen atoms in total. The Hall–Kier alpha value is -1.43. The van der Waals surface area contributed by atoms with E-state index in [0.29, 0.717) is 0 Å². The number of aliphatic hydroxyl groups is 1. The molecule has 0 aliphatic carbocycles. The number of carbonyl (C=O) groups is 1. The minimum absolute atomic E-state index is 0.171. The maximum atomic E-state index is 13.2. The fourth-order valence-electron chi connectivity index (χ4n) is 5.86. The van der Waals surface area contributed by atoms with E-state index in [0.717, 1.165) is 57.7 Å². The zero-order chi connectivity index (χ0) is 19.4. The molecule has 1 aromatic carbocycles. The van der Waals surface area contributed by atoms with Gasteiger partial charge in [0.25, 0.3) is 5.91 Å². The van der Waals surface area contributed by atoms with Crippen molar-refractivity contribution in [3.05, 3.63) is 35.4 Å². The van der Waals surface area contributed by atoms with Crippen LogP contribution in [0.15, 0.2) is 24.3 Å². The summed E-state index contributed by atoms with van der Waals surface area (Å²) in [7, 11) is 4.43. The van der Waals surface area contributed by atoms with Crippen molar-refractivity contribution in [2.45, 2.75) is 32.3 Å². The van der Waals surface area contributed by atoms with Crippen molar-refractivity contribution in [3.8, 4) is 0 Å². The summed E-state index contributed by atoms with van der Waals surface area (Å²) < 4.78 is 0. The Labute approximate surface area is 162 Å². The van der Waals surface area contributed by atoms with E-state index in [-0.39, 0.29) is 16.7 Å². The van der Waals surface area contributed by atoms with E-state index in [1.807, 2.05) is 38.1 Å². The quantitative estimate of drug-likeness (QED) is 0.875. The normalized spacial score (nSPS) is 31.4. The number of nitrogens with zero attached hydrogens (tertiary/aromatic N) is 3. The highest BCUT2D eigenvalue weighted by atomic mass is 16.3. The average molecular weight is 372 g/mol. The summed E-state index contributed by atoms with van der Waals surface area (Å²) >= 11 is 0. The van der Waals surface area contributed by atoms with E-state index in [1.54, 1.807) is 0 Å². The Bertz CT molecular complexity index is 684. The molecule has 0 aromatic heterocycles. The summed E-state index contributed by atoms with van der Waals surface area (Å²) in [6.07, 6.45) is 1.55. The molecule has 3 aliphatic rings. The van der Waals surface area contributed by atoms with Crippen LogP contribution in [0.25, 0.3) is 0 Å². The van der Waals surface area contributed by atoms with Crippen LogP contribution in [0.2, 0.25) is 0 Å². The van der Waals surface area contributed by atoms with Crippen LogP contribution >= 0.6 is 0 Å². The molecule has 27 heavy (non-hydrogen) atoms. The van der Waals surface area contributed by atoms with Gasteiger partial charge in [0, 0.05) is 55.7 Å². The highest BCUT2D eigenvalue weighted by Gasteiger charge is 2.66. The molecular weight excluding hydrogens is 338 g/mol. The fourth-order valence-corrected chi connectivity index (χ4v) is 5.86. The van der Waals surface area contributed by atoms with E-state index in [9.17, 15) is 9.90 Å². The molecule has 0 spiro atoms. The zero-order valence-electron chi connectivity index (χ0n) is 17.2. The molecule has 3 fully saturated rings. The maximum Gasteiger partial charge on any atom is 0.253 e. The third-order valence-electron chi connectivity index (χ3n) is 6.92. The van der Waals surface area contributed by atoms with E-state index >= 15 is 0 Å². The van der Waals surface area contributed by atoms with Gasteiger partial charge >= 0.3 is 0 Å². The number of likely N-dealkylation sites (tertiary alicyclic amines) is 3. The van der Waals surface area contributed by atoms with E-state index in [2.05, 4.69) is 28.8 Å². The predicted molar refractivity (Wildman–Crippen MR) is 107 cm³/mol. The van der Waals surface area contributed by atoms with Gasteiger partial charge in [-0.25, -0.2) is 0 Å². The van der Waals surface area contributed by atoms with Crippen molar-refractivity contribution in [3.63, 3.8) is 0 Å². The summed E-state index contributed by atoms with van der Waals surface area (Å²) in [5, 5.41) is 9.89. The van der Waals surface area contributed by atoms with Gasteiger partial charge in [-0.3, -0.25) is 4.79 Å². The number of aryl methyl sites for hydroxylation is 1.